The van der Waals surface area contributed by atoms with Gasteiger partial charge in [0.05, 0.1) is 29.7 Å². The summed E-state index contributed by atoms with van der Waals surface area (Å²) in [6.45, 7) is 1.63. The molecule has 208 valence electrons. The van der Waals surface area contributed by atoms with E-state index in [0.717, 1.165) is 12.1 Å². The Kier molecular flexibility index (Phi) is 7.79. The number of fused-ring (bicyclic) bond motifs is 1. The van der Waals surface area contributed by atoms with Crippen LogP contribution in [0.5, 0.6) is 17.2 Å². The molecule has 0 amide bonds. The Morgan fingerprint density at radius 3 is 2.30 bits per heavy atom. The summed E-state index contributed by atoms with van der Waals surface area (Å²) in [6.07, 6.45) is -5.11. The van der Waals surface area contributed by atoms with Gasteiger partial charge in [0.15, 0.2) is 0 Å². The van der Waals surface area contributed by atoms with E-state index in [4.69, 9.17) is 30.2 Å². The quantitative estimate of drug-likeness (QED) is 0.148. The fraction of sp³-hybridized carbons (Fsp3) is 0.214. The molecule has 0 spiro atoms. The first-order valence-electron chi connectivity index (χ1n) is 12.0. The molecule has 0 aliphatic carbocycles. The summed E-state index contributed by atoms with van der Waals surface area (Å²) in [5.41, 5.74) is -1.40. The number of halogens is 5. The van der Waals surface area contributed by atoms with E-state index >= 15 is 0 Å². The third kappa shape index (κ3) is 5.96. The molecule has 40 heavy (non-hydrogen) atoms. The highest BCUT2D eigenvalue weighted by molar-refractivity contribution is 6.30. The third-order valence-electron chi connectivity index (χ3n) is 6.14. The van der Waals surface area contributed by atoms with Crippen LogP contribution in [0.2, 0.25) is 5.02 Å². The number of carbonyl (C=O) groups is 1. The minimum absolute atomic E-state index is 0.00957. The predicted octanol–water partition coefficient (Wildman–Crippen LogP) is 6.45. The van der Waals surface area contributed by atoms with Gasteiger partial charge in [0, 0.05) is 24.7 Å². The Hall–Kier alpha value is -3.93. The summed E-state index contributed by atoms with van der Waals surface area (Å²) in [5.74, 6) is -4.30. The van der Waals surface area contributed by atoms with Crippen LogP contribution in [0.3, 0.4) is 0 Å². The summed E-state index contributed by atoms with van der Waals surface area (Å²) in [6, 6.07) is 12.5. The maximum Gasteiger partial charge on any atom is 0.453 e. The van der Waals surface area contributed by atoms with E-state index in [-0.39, 0.29) is 34.6 Å². The molecule has 4 aromatic rings. The Morgan fingerprint density at radius 2 is 1.65 bits per heavy atom. The van der Waals surface area contributed by atoms with Crippen molar-refractivity contribution >= 4 is 28.5 Å². The molecule has 5 rings (SSSR count). The monoisotopic (exact) mass is 577 g/mol. The predicted molar refractivity (Wildman–Crippen MR) is 136 cm³/mol. The molecule has 2 heterocycles. The molecule has 1 aromatic heterocycles. The lowest BCUT2D eigenvalue weighted by atomic mass is 10.1. The number of esters is 1. The molecule has 1 aliphatic heterocycles. The summed E-state index contributed by atoms with van der Waals surface area (Å²) < 4.78 is 77.5. The molecule has 0 unspecified atom stereocenters. The first-order chi connectivity index (χ1) is 19.1. The fourth-order valence-electron chi connectivity index (χ4n) is 4.15. The second-order valence-corrected chi connectivity index (χ2v) is 9.28. The van der Waals surface area contributed by atoms with E-state index in [1.807, 2.05) is 4.90 Å². The normalized spacial score (nSPS) is 14.3. The van der Waals surface area contributed by atoms with Gasteiger partial charge in [0.2, 0.25) is 11.2 Å². The van der Waals surface area contributed by atoms with Crippen LogP contribution in [0.15, 0.2) is 69.9 Å². The minimum atomic E-state index is -5.11. The standard InChI is InChI=1S/C28H20ClF4NO6/c29-17-3-7-19(8-4-17)38-25-23(35)20-9-10-22(39-27(36)16-1-5-18(30)6-2-16)21(15-34-11-13-37-14-12-34)24(20)40-26(25)28(31,32)33/h1-10H,11-15H2. The molecule has 0 saturated carbocycles. The van der Waals surface area contributed by atoms with Crippen molar-refractivity contribution < 1.29 is 41.0 Å². The third-order valence-corrected chi connectivity index (χ3v) is 6.39. The summed E-state index contributed by atoms with van der Waals surface area (Å²) >= 11 is 5.84. The zero-order valence-corrected chi connectivity index (χ0v) is 21.4. The fourth-order valence-corrected chi connectivity index (χ4v) is 4.28. The van der Waals surface area contributed by atoms with Crippen LogP contribution in [-0.4, -0.2) is 37.2 Å². The van der Waals surface area contributed by atoms with Gasteiger partial charge in [-0.05, 0) is 60.7 Å². The molecule has 1 fully saturated rings. The van der Waals surface area contributed by atoms with Crippen molar-refractivity contribution in [3.05, 3.63) is 98.6 Å². The van der Waals surface area contributed by atoms with Crippen molar-refractivity contribution in [1.82, 2.24) is 4.90 Å². The number of alkyl halides is 3. The van der Waals surface area contributed by atoms with Crippen molar-refractivity contribution in [2.75, 3.05) is 26.3 Å². The number of nitrogens with zero attached hydrogens (tertiary/aromatic N) is 1. The molecular formula is C28H20ClF4NO6. The smallest absolute Gasteiger partial charge is 0.449 e. The first kappa shape index (κ1) is 27.6. The molecule has 12 heteroatoms. The van der Waals surface area contributed by atoms with Gasteiger partial charge >= 0.3 is 12.1 Å². The largest absolute Gasteiger partial charge is 0.453 e. The Balaban J connectivity index is 1.65. The van der Waals surface area contributed by atoms with Gasteiger partial charge in [-0.15, -0.1) is 0 Å². The Bertz CT molecular complexity index is 1600. The van der Waals surface area contributed by atoms with E-state index in [9.17, 15) is 27.2 Å². The number of rotatable bonds is 6. The van der Waals surface area contributed by atoms with Gasteiger partial charge in [-0.3, -0.25) is 9.69 Å². The highest BCUT2D eigenvalue weighted by atomic mass is 35.5. The lowest BCUT2D eigenvalue weighted by Crippen LogP contribution is -2.36. The Labute approximate surface area is 229 Å². The zero-order valence-electron chi connectivity index (χ0n) is 20.6. The van der Waals surface area contributed by atoms with Crippen LogP contribution in [-0.2, 0) is 17.5 Å². The van der Waals surface area contributed by atoms with E-state index in [2.05, 4.69) is 0 Å². The van der Waals surface area contributed by atoms with Crippen LogP contribution in [0.4, 0.5) is 17.6 Å². The van der Waals surface area contributed by atoms with E-state index in [1.54, 1.807) is 0 Å². The maximum atomic E-state index is 14.2. The van der Waals surface area contributed by atoms with Gasteiger partial charge in [0.1, 0.15) is 22.9 Å². The first-order valence-corrected chi connectivity index (χ1v) is 12.4. The van der Waals surface area contributed by atoms with Gasteiger partial charge in [0.25, 0.3) is 5.76 Å². The lowest BCUT2D eigenvalue weighted by molar-refractivity contribution is -0.154. The highest BCUT2D eigenvalue weighted by Crippen LogP contribution is 2.40. The van der Waals surface area contributed by atoms with Crippen molar-refractivity contribution in [2.24, 2.45) is 0 Å². The second kappa shape index (κ2) is 11.3. The van der Waals surface area contributed by atoms with Crippen LogP contribution >= 0.6 is 11.6 Å². The van der Waals surface area contributed by atoms with Crippen LogP contribution in [0.25, 0.3) is 11.0 Å². The topological polar surface area (TPSA) is 78.2 Å². The number of ether oxygens (including phenoxy) is 3. The van der Waals surface area contributed by atoms with Crippen molar-refractivity contribution in [3.8, 4) is 17.2 Å². The number of benzene rings is 3. The van der Waals surface area contributed by atoms with Crippen LogP contribution in [0.1, 0.15) is 21.7 Å². The number of hydrogen-bond acceptors (Lipinski definition) is 7. The van der Waals surface area contributed by atoms with Crippen molar-refractivity contribution in [2.45, 2.75) is 12.7 Å². The zero-order chi connectivity index (χ0) is 28.4. The van der Waals surface area contributed by atoms with Gasteiger partial charge in [-0.2, -0.15) is 13.2 Å². The second-order valence-electron chi connectivity index (χ2n) is 8.85. The van der Waals surface area contributed by atoms with Crippen LogP contribution in [0, 0.1) is 5.82 Å². The molecule has 0 radical (unpaired) electrons. The lowest BCUT2D eigenvalue weighted by Gasteiger charge is -2.27. The summed E-state index contributed by atoms with van der Waals surface area (Å²) in [5, 5.41) is 0.117. The van der Waals surface area contributed by atoms with Gasteiger partial charge in [-0.25, -0.2) is 9.18 Å². The summed E-state index contributed by atoms with van der Waals surface area (Å²) in [7, 11) is 0. The van der Waals surface area contributed by atoms with E-state index in [0.29, 0.717) is 31.3 Å². The molecule has 3 aromatic carbocycles. The van der Waals surface area contributed by atoms with E-state index < -0.39 is 40.5 Å². The number of morpholine rings is 1. The molecular weight excluding hydrogens is 558 g/mol. The molecule has 0 N–H and O–H groups in total. The molecule has 1 saturated heterocycles. The van der Waals surface area contributed by atoms with E-state index in [1.165, 1.54) is 48.5 Å². The van der Waals surface area contributed by atoms with Gasteiger partial charge < -0.3 is 18.6 Å². The maximum absolute atomic E-state index is 14.2. The highest BCUT2D eigenvalue weighted by Gasteiger charge is 2.41. The molecule has 0 bridgehead atoms. The SMILES string of the molecule is O=C(Oc1ccc2c(=O)c(Oc3ccc(Cl)cc3)c(C(F)(F)F)oc2c1CN1CCOCC1)c1ccc(F)cc1. The number of hydrogen-bond donors (Lipinski definition) is 0. The van der Waals surface area contributed by atoms with Crippen molar-refractivity contribution in [3.63, 3.8) is 0 Å². The Morgan fingerprint density at radius 1 is 0.975 bits per heavy atom. The van der Waals surface area contributed by atoms with Crippen LogP contribution < -0.4 is 14.9 Å². The minimum Gasteiger partial charge on any atom is -0.449 e. The summed E-state index contributed by atoms with van der Waals surface area (Å²) in [4.78, 5) is 28.1. The average molecular weight is 578 g/mol. The average Bonchev–Trinajstić information content (AvgIpc) is 2.92. The van der Waals surface area contributed by atoms with Gasteiger partial charge in [-0.1, -0.05) is 11.6 Å². The number of carbonyl (C=O) groups excluding carboxylic acids is 1. The molecule has 7 nitrogen and oxygen atoms in total. The molecule has 1 aliphatic rings. The molecule has 0 atom stereocenters. The van der Waals surface area contributed by atoms with Crippen molar-refractivity contribution in [1.29, 1.82) is 0 Å².